The molecule has 0 bridgehead atoms. The van der Waals surface area contributed by atoms with Crippen LogP contribution in [0.4, 0.5) is 4.39 Å². The van der Waals surface area contributed by atoms with E-state index in [1.807, 2.05) is 36.2 Å². The van der Waals surface area contributed by atoms with Crippen molar-refractivity contribution >= 4 is 5.96 Å². The number of guanidine groups is 1. The van der Waals surface area contributed by atoms with Crippen LogP contribution in [0, 0.1) is 5.82 Å². The molecular weight excluding hydrogens is 397 g/mol. The van der Waals surface area contributed by atoms with Gasteiger partial charge in [0.2, 0.25) is 0 Å². The summed E-state index contributed by atoms with van der Waals surface area (Å²) in [6, 6.07) is 12.7. The molecule has 3 rings (SSSR count). The Hall–Kier alpha value is -2.80. The van der Waals surface area contributed by atoms with Gasteiger partial charge in [0.05, 0.1) is 14.2 Å². The molecule has 2 aromatic carbocycles. The lowest BCUT2D eigenvalue weighted by Crippen LogP contribution is -2.48. The van der Waals surface area contributed by atoms with Crippen LogP contribution in [0.1, 0.15) is 24.0 Å². The smallest absolute Gasteiger partial charge is 0.193 e. The molecule has 0 aromatic heterocycles. The van der Waals surface area contributed by atoms with Crippen LogP contribution < -0.4 is 14.8 Å². The number of rotatable bonds is 7. The molecule has 31 heavy (non-hydrogen) atoms. The molecule has 1 aliphatic rings. The number of nitrogens with one attached hydrogen (secondary N) is 1. The van der Waals surface area contributed by atoms with Crippen molar-refractivity contribution in [1.29, 1.82) is 0 Å². The fraction of sp³-hybridized carbons (Fsp3) is 0.458. The topological polar surface area (TPSA) is 55.3 Å². The van der Waals surface area contributed by atoms with Crippen molar-refractivity contribution in [3.8, 4) is 11.5 Å². The van der Waals surface area contributed by atoms with E-state index in [2.05, 4.69) is 10.3 Å². The summed E-state index contributed by atoms with van der Waals surface area (Å²) in [6.07, 6.45) is 1.66. The summed E-state index contributed by atoms with van der Waals surface area (Å²) < 4.78 is 30.4. The van der Waals surface area contributed by atoms with E-state index in [1.54, 1.807) is 33.4 Å². The van der Waals surface area contributed by atoms with E-state index in [4.69, 9.17) is 14.2 Å². The molecule has 1 saturated heterocycles. The van der Waals surface area contributed by atoms with Gasteiger partial charge in [-0.3, -0.25) is 4.99 Å². The second kappa shape index (κ2) is 10.5. The fourth-order valence-electron chi connectivity index (χ4n) is 4.09. The summed E-state index contributed by atoms with van der Waals surface area (Å²) in [5.74, 6) is 2.07. The molecule has 0 aliphatic carbocycles. The molecule has 0 unspecified atom stereocenters. The Bertz CT molecular complexity index is 897. The second-order valence-corrected chi connectivity index (χ2v) is 7.84. The number of nitrogens with zero attached hydrogens (tertiary/aromatic N) is 2. The highest BCUT2D eigenvalue weighted by Crippen LogP contribution is 2.34. The molecule has 1 fully saturated rings. The van der Waals surface area contributed by atoms with Crippen LogP contribution in [-0.2, 0) is 16.7 Å². The van der Waals surface area contributed by atoms with Gasteiger partial charge in [0.25, 0.3) is 0 Å². The minimum absolute atomic E-state index is 0.199. The lowest BCUT2D eigenvalue weighted by molar-refractivity contribution is 0.0511. The van der Waals surface area contributed by atoms with Crippen LogP contribution in [0.15, 0.2) is 47.5 Å². The van der Waals surface area contributed by atoms with Gasteiger partial charge in [0, 0.05) is 57.4 Å². The zero-order valence-corrected chi connectivity index (χ0v) is 18.8. The maximum Gasteiger partial charge on any atom is 0.193 e. The van der Waals surface area contributed by atoms with E-state index in [9.17, 15) is 4.39 Å². The number of ether oxygens (including phenoxy) is 3. The third kappa shape index (κ3) is 5.47. The monoisotopic (exact) mass is 429 g/mol. The van der Waals surface area contributed by atoms with Crippen LogP contribution >= 0.6 is 0 Å². The fourth-order valence-corrected chi connectivity index (χ4v) is 4.09. The van der Waals surface area contributed by atoms with Gasteiger partial charge in [-0.2, -0.15) is 0 Å². The summed E-state index contributed by atoms with van der Waals surface area (Å²) >= 11 is 0. The van der Waals surface area contributed by atoms with Crippen molar-refractivity contribution in [2.75, 3.05) is 48.1 Å². The third-order valence-electron chi connectivity index (χ3n) is 5.95. The maximum absolute atomic E-state index is 13.9. The molecule has 0 amide bonds. The van der Waals surface area contributed by atoms with Crippen molar-refractivity contribution < 1.29 is 18.6 Å². The first kappa shape index (κ1) is 22.9. The predicted octanol–water partition coefficient (Wildman–Crippen LogP) is 3.60. The number of hydrogen-bond acceptors (Lipinski definition) is 4. The van der Waals surface area contributed by atoms with E-state index in [0.29, 0.717) is 26.3 Å². The Labute approximate surface area is 184 Å². The molecule has 0 saturated carbocycles. The van der Waals surface area contributed by atoms with Gasteiger partial charge in [0.15, 0.2) is 5.96 Å². The van der Waals surface area contributed by atoms with E-state index >= 15 is 0 Å². The molecule has 6 nitrogen and oxygen atoms in total. The molecular formula is C24H32FN3O3. The molecule has 2 aromatic rings. The number of methoxy groups -OCH3 is 2. The molecule has 0 radical (unpaired) electrons. The first-order valence-corrected chi connectivity index (χ1v) is 10.5. The molecule has 168 valence electrons. The summed E-state index contributed by atoms with van der Waals surface area (Å²) in [5.41, 5.74) is 1.83. The summed E-state index contributed by atoms with van der Waals surface area (Å²) in [5, 5.41) is 3.51. The van der Waals surface area contributed by atoms with Crippen LogP contribution in [0.2, 0.25) is 0 Å². The largest absolute Gasteiger partial charge is 0.497 e. The van der Waals surface area contributed by atoms with Crippen LogP contribution in [0.5, 0.6) is 11.5 Å². The first-order chi connectivity index (χ1) is 15.0. The van der Waals surface area contributed by atoms with Crippen LogP contribution in [0.25, 0.3) is 0 Å². The zero-order valence-electron chi connectivity index (χ0n) is 18.8. The molecule has 1 aliphatic heterocycles. The zero-order chi connectivity index (χ0) is 22.3. The number of aliphatic imine (C=N–C) groups is 1. The second-order valence-electron chi connectivity index (χ2n) is 7.84. The van der Waals surface area contributed by atoms with E-state index in [1.165, 1.54) is 6.07 Å². The number of hydrogen-bond donors (Lipinski definition) is 1. The third-order valence-corrected chi connectivity index (χ3v) is 5.95. The van der Waals surface area contributed by atoms with Crippen molar-refractivity contribution in [3.63, 3.8) is 0 Å². The molecule has 7 heteroatoms. The highest BCUT2D eigenvalue weighted by molar-refractivity contribution is 5.79. The number of halogens is 1. The van der Waals surface area contributed by atoms with Gasteiger partial charge in [-0.15, -0.1) is 0 Å². The maximum atomic E-state index is 13.9. The van der Waals surface area contributed by atoms with Crippen molar-refractivity contribution in [2.24, 2.45) is 4.99 Å². The van der Waals surface area contributed by atoms with Gasteiger partial charge >= 0.3 is 0 Å². The van der Waals surface area contributed by atoms with Gasteiger partial charge in [0.1, 0.15) is 17.3 Å². The van der Waals surface area contributed by atoms with Crippen LogP contribution in [0.3, 0.4) is 0 Å². The first-order valence-electron chi connectivity index (χ1n) is 10.5. The predicted molar refractivity (Wildman–Crippen MR) is 121 cm³/mol. The standard InChI is InChI=1S/C24H32FN3O3/c1-26-23(28(2)16-18-8-9-21(29-3)15-22(18)30-4)27-17-24(10-12-31-13-11-24)19-6-5-7-20(25)14-19/h5-9,14-15H,10-13,16-17H2,1-4H3,(H,26,27). The minimum Gasteiger partial charge on any atom is -0.497 e. The molecule has 1 heterocycles. The average molecular weight is 430 g/mol. The van der Waals surface area contributed by atoms with Crippen molar-refractivity contribution in [1.82, 2.24) is 10.2 Å². The Morgan fingerprint density at radius 2 is 1.94 bits per heavy atom. The Kier molecular flexibility index (Phi) is 7.74. The quantitative estimate of drug-likeness (QED) is 0.538. The highest BCUT2D eigenvalue weighted by atomic mass is 19.1. The van der Waals surface area contributed by atoms with Gasteiger partial charge < -0.3 is 24.4 Å². The van der Waals surface area contributed by atoms with E-state index in [-0.39, 0.29) is 11.2 Å². The Morgan fingerprint density at radius 1 is 1.16 bits per heavy atom. The SMILES string of the molecule is CN=C(NCC1(c2cccc(F)c2)CCOCC1)N(C)Cc1ccc(OC)cc1OC. The Balaban J connectivity index is 1.74. The molecule has 0 spiro atoms. The molecule has 0 atom stereocenters. The summed E-state index contributed by atoms with van der Waals surface area (Å²) in [7, 11) is 7.04. The van der Waals surface area contributed by atoms with Crippen molar-refractivity contribution in [2.45, 2.75) is 24.8 Å². The van der Waals surface area contributed by atoms with E-state index < -0.39 is 0 Å². The van der Waals surface area contributed by atoms with Crippen LogP contribution in [-0.4, -0.2) is 58.9 Å². The molecule has 1 N–H and O–H groups in total. The highest BCUT2D eigenvalue weighted by Gasteiger charge is 2.35. The minimum atomic E-state index is -0.212. The van der Waals surface area contributed by atoms with Gasteiger partial charge in [-0.05, 0) is 42.7 Å². The van der Waals surface area contributed by atoms with Gasteiger partial charge in [-0.1, -0.05) is 12.1 Å². The number of benzene rings is 2. The van der Waals surface area contributed by atoms with Gasteiger partial charge in [-0.25, -0.2) is 4.39 Å². The van der Waals surface area contributed by atoms with Crippen molar-refractivity contribution in [3.05, 3.63) is 59.4 Å². The lowest BCUT2D eigenvalue weighted by atomic mass is 9.74. The average Bonchev–Trinajstić information content (AvgIpc) is 2.80. The summed E-state index contributed by atoms with van der Waals surface area (Å²) in [6.45, 7) is 2.59. The van der Waals surface area contributed by atoms with E-state index in [0.717, 1.165) is 41.4 Å². The lowest BCUT2D eigenvalue weighted by Gasteiger charge is -2.39. The Morgan fingerprint density at radius 3 is 2.58 bits per heavy atom. The summed E-state index contributed by atoms with van der Waals surface area (Å²) in [4.78, 5) is 6.51. The normalized spacial score (nSPS) is 16.0.